The van der Waals surface area contributed by atoms with Crippen molar-refractivity contribution in [1.82, 2.24) is 24.4 Å². The molecule has 0 aliphatic carbocycles. The number of fused-ring (bicyclic) bond motifs is 1. The van der Waals surface area contributed by atoms with Gasteiger partial charge >= 0.3 is 0 Å². The fraction of sp³-hybridized carbons (Fsp3) is 0.240. The Balaban J connectivity index is 1.51. The lowest BCUT2D eigenvalue weighted by molar-refractivity contribution is 0.273. The molecule has 2 aromatic heterocycles. The lowest BCUT2D eigenvalue weighted by atomic mass is 10.1. The summed E-state index contributed by atoms with van der Waals surface area (Å²) in [4.78, 5) is 15.6. The molecule has 0 amide bonds. The molecule has 0 radical (unpaired) electrons. The summed E-state index contributed by atoms with van der Waals surface area (Å²) in [7, 11) is 2.03. The zero-order valence-electron chi connectivity index (χ0n) is 18.2. The van der Waals surface area contributed by atoms with E-state index in [1.54, 1.807) is 30.5 Å². The van der Waals surface area contributed by atoms with Gasteiger partial charge in [0.25, 0.3) is 0 Å². The lowest BCUT2D eigenvalue weighted by Crippen LogP contribution is -2.26. The van der Waals surface area contributed by atoms with Crippen LogP contribution in [0.15, 0.2) is 60.8 Å². The summed E-state index contributed by atoms with van der Waals surface area (Å²) in [5.41, 5.74) is 9.92. The molecule has 6 nitrogen and oxygen atoms in total. The second-order valence-electron chi connectivity index (χ2n) is 8.42. The Morgan fingerprint density at radius 3 is 2.64 bits per heavy atom. The number of benzene rings is 2. The molecule has 33 heavy (non-hydrogen) atoms. The standard InChI is InChI=1S/C25H24F2N6/c1-32(14-16-3-2-4-19(27)13-16)15-20-9-10-22-31-23(17-5-7-18(26)8-6-17)24(33(20)22)21-11-12-29-25(28)30-21/h2-8,11-13,20H,9-10,14-15H2,1H3,(H2,28,29,30). The van der Waals surface area contributed by atoms with Gasteiger partial charge in [-0.05, 0) is 61.5 Å². The van der Waals surface area contributed by atoms with Gasteiger partial charge in [0, 0.05) is 37.3 Å². The first-order chi connectivity index (χ1) is 16.0. The van der Waals surface area contributed by atoms with Crippen LogP contribution in [0, 0.1) is 11.6 Å². The van der Waals surface area contributed by atoms with Crippen LogP contribution in [0.3, 0.4) is 0 Å². The first kappa shape index (κ1) is 21.2. The first-order valence-corrected chi connectivity index (χ1v) is 10.9. The maximum Gasteiger partial charge on any atom is 0.220 e. The van der Waals surface area contributed by atoms with Crippen molar-refractivity contribution in [3.05, 3.63) is 83.8 Å². The molecule has 0 saturated carbocycles. The fourth-order valence-corrected chi connectivity index (χ4v) is 4.58. The number of aryl methyl sites for hydroxylation is 1. The van der Waals surface area contributed by atoms with E-state index < -0.39 is 0 Å². The fourth-order valence-electron chi connectivity index (χ4n) is 4.58. The van der Waals surface area contributed by atoms with Crippen LogP contribution < -0.4 is 5.73 Å². The van der Waals surface area contributed by atoms with Crippen LogP contribution in [0.1, 0.15) is 23.9 Å². The van der Waals surface area contributed by atoms with Crippen LogP contribution in [-0.4, -0.2) is 38.0 Å². The third kappa shape index (κ3) is 4.34. The molecule has 0 fully saturated rings. The summed E-state index contributed by atoms with van der Waals surface area (Å²) in [6.07, 6.45) is 3.40. The van der Waals surface area contributed by atoms with Gasteiger partial charge in [-0.1, -0.05) is 12.1 Å². The van der Waals surface area contributed by atoms with Crippen molar-refractivity contribution in [3.63, 3.8) is 0 Å². The second-order valence-corrected chi connectivity index (χ2v) is 8.42. The molecule has 2 aromatic carbocycles. The normalized spacial score (nSPS) is 15.2. The monoisotopic (exact) mass is 446 g/mol. The van der Waals surface area contributed by atoms with Crippen molar-refractivity contribution < 1.29 is 8.78 Å². The summed E-state index contributed by atoms with van der Waals surface area (Å²) in [6, 6.07) is 15.0. The van der Waals surface area contributed by atoms with Crippen LogP contribution in [0.25, 0.3) is 22.6 Å². The Morgan fingerprint density at radius 1 is 1.06 bits per heavy atom. The summed E-state index contributed by atoms with van der Waals surface area (Å²) in [5, 5.41) is 0. The number of nitrogens with two attached hydrogens (primary N) is 1. The van der Waals surface area contributed by atoms with Gasteiger partial charge in [-0.25, -0.2) is 23.7 Å². The van der Waals surface area contributed by atoms with Crippen molar-refractivity contribution in [1.29, 1.82) is 0 Å². The topological polar surface area (TPSA) is 72.9 Å². The third-order valence-electron chi connectivity index (χ3n) is 5.95. The molecular formula is C25H24F2N6. The van der Waals surface area contributed by atoms with E-state index in [1.807, 2.05) is 19.2 Å². The highest BCUT2D eigenvalue weighted by Gasteiger charge is 2.31. The SMILES string of the molecule is CN(Cc1cccc(F)c1)CC1CCc2nc(-c3ccc(F)cc3)c(-c3ccnc(N)n3)n21. The zero-order valence-corrected chi connectivity index (χ0v) is 18.2. The molecule has 3 heterocycles. The zero-order chi connectivity index (χ0) is 22.9. The van der Waals surface area contributed by atoms with Gasteiger partial charge in [0.1, 0.15) is 17.5 Å². The van der Waals surface area contributed by atoms with Crippen molar-refractivity contribution in [2.24, 2.45) is 0 Å². The minimum absolute atomic E-state index is 0.159. The quantitative estimate of drug-likeness (QED) is 0.473. The van der Waals surface area contributed by atoms with Crippen LogP contribution in [0.5, 0.6) is 0 Å². The summed E-state index contributed by atoms with van der Waals surface area (Å²) < 4.78 is 29.4. The van der Waals surface area contributed by atoms with Crippen LogP contribution in [0.4, 0.5) is 14.7 Å². The molecule has 168 valence electrons. The smallest absolute Gasteiger partial charge is 0.220 e. The number of imidazole rings is 1. The van der Waals surface area contributed by atoms with Crippen LogP contribution in [-0.2, 0) is 13.0 Å². The van der Waals surface area contributed by atoms with Crippen molar-refractivity contribution >= 4 is 5.95 Å². The molecule has 0 saturated heterocycles. The average molecular weight is 447 g/mol. The largest absolute Gasteiger partial charge is 0.368 e. The van der Waals surface area contributed by atoms with Crippen molar-refractivity contribution in [2.75, 3.05) is 19.3 Å². The highest BCUT2D eigenvalue weighted by Crippen LogP contribution is 2.39. The van der Waals surface area contributed by atoms with E-state index in [0.717, 1.165) is 47.7 Å². The second kappa shape index (κ2) is 8.71. The number of rotatable bonds is 6. The molecule has 1 aliphatic heterocycles. The Bertz CT molecular complexity index is 1280. The van der Waals surface area contributed by atoms with E-state index in [2.05, 4.69) is 19.4 Å². The highest BCUT2D eigenvalue weighted by atomic mass is 19.1. The van der Waals surface area contributed by atoms with E-state index in [-0.39, 0.29) is 23.6 Å². The highest BCUT2D eigenvalue weighted by molar-refractivity contribution is 5.78. The van der Waals surface area contributed by atoms with Gasteiger partial charge in [0.05, 0.1) is 17.1 Å². The summed E-state index contributed by atoms with van der Waals surface area (Å²) >= 11 is 0. The maximum atomic E-state index is 13.6. The number of nitrogens with zero attached hydrogens (tertiary/aromatic N) is 5. The van der Waals surface area contributed by atoms with Gasteiger partial charge < -0.3 is 15.2 Å². The minimum Gasteiger partial charge on any atom is -0.368 e. The molecule has 1 atom stereocenters. The number of hydrogen-bond donors (Lipinski definition) is 1. The van der Waals surface area contributed by atoms with E-state index in [0.29, 0.717) is 12.2 Å². The van der Waals surface area contributed by atoms with Gasteiger partial charge in [-0.15, -0.1) is 0 Å². The van der Waals surface area contributed by atoms with E-state index in [1.165, 1.54) is 18.2 Å². The van der Waals surface area contributed by atoms with Crippen LogP contribution in [0.2, 0.25) is 0 Å². The molecule has 1 aliphatic rings. The van der Waals surface area contributed by atoms with Crippen molar-refractivity contribution in [2.45, 2.75) is 25.4 Å². The third-order valence-corrected chi connectivity index (χ3v) is 5.95. The molecule has 4 aromatic rings. The molecule has 1 unspecified atom stereocenters. The molecule has 8 heteroatoms. The molecule has 5 rings (SSSR count). The first-order valence-electron chi connectivity index (χ1n) is 10.9. The number of hydrogen-bond acceptors (Lipinski definition) is 5. The Morgan fingerprint density at radius 2 is 1.88 bits per heavy atom. The number of anilines is 1. The predicted molar refractivity (Wildman–Crippen MR) is 123 cm³/mol. The summed E-state index contributed by atoms with van der Waals surface area (Å²) in [5.74, 6) is 0.623. The number of likely N-dealkylation sites (N-methyl/N-ethyl adjacent to an activating group) is 1. The molecule has 0 bridgehead atoms. The number of nitrogen functional groups attached to an aromatic ring is 1. The molecular weight excluding hydrogens is 422 g/mol. The Labute approximate surface area is 190 Å². The minimum atomic E-state index is -0.296. The van der Waals surface area contributed by atoms with Gasteiger partial charge in [0.2, 0.25) is 5.95 Å². The van der Waals surface area contributed by atoms with Gasteiger partial charge in [-0.2, -0.15) is 0 Å². The lowest BCUT2D eigenvalue weighted by Gasteiger charge is -2.24. The van der Waals surface area contributed by atoms with E-state index in [4.69, 9.17) is 10.7 Å². The Hall–Kier alpha value is -3.65. The molecule has 0 spiro atoms. The van der Waals surface area contributed by atoms with Crippen molar-refractivity contribution in [3.8, 4) is 22.6 Å². The maximum absolute atomic E-state index is 13.6. The van der Waals surface area contributed by atoms with E-state index >= 15 is 0 Å². The summed E-state index contributed by atoms with van der Waals surface area (Å²) in [6.45, 7) is 1.40. The van der Waals surface area contributed by atoms with Gasteiger partial charge in [0.15, 0.2) is 0 Å². The molecule has 2 N–H and O–H groups in total. The average Bonchev–Trinajstić information content (AvgIpc) is 3.34. The predicted octanol–water partition coefficient (Wildman–Crippen LogP) is 4.49. The van der Waals surface area contributed by atoms with Gasteiger partial charge in [-0.3, -0.25) is 0 Å². The number of halogens is 2. The Kier molecular flexibility index (Phi) is 5.60. The van der Waals surface area contributed by atoms with E-state index in [9.17, 15) is 8.78 Å². The van der Waals surface area contributed by atoms with Crippen LogP contribution >= 0.6 is 0 Å². The number of aromatic nitrogens is 4.